The second-order valence-corrected chi connectivity index (χ2v) is 6.64. The van der Waals surface area contributed by atoms with Crippen LogP contribution < -0.4 is 5.32 Å². The maximum atomic E-state index is 13.0. The van der Waals surface area contributed by atoms with Crippen LogP contribution in [0.3, 0.4) is 0 Å². The van der Waals surface area contributed by atoms with Crippen molar-refractivity contribution >= 4 is 21.6 Å². The maximum Gasteiger partial charge on any atom is 0.243 e. The van der Waals surface area contributed by atoms with Crippen LogP contribution in [-0.2, 0) is 10.0 Å². The first-order chi connectivity index (χ1) is 8.41. The molecule has 1 fully saturated rings. The van der Waals surface area contributed by atoms with Crippen LogP contribution in [0.2, 0.25) is 5.02 Å². The lowest BCUT2D eigenvalue weighted by molar-refractivity contribution is 0.310. The molecule has 4 nitrogen and oxygen atoms in total. The Kier molecular flexibility index (Phi) is 3.91. The predicted molar refractivity (Wildman–Crippen MR) is 67.6 cm³/mol. The van der Waals surface area contributed by atoms with Crippen molar-refractivity contribution < 1.29 is 12.8 Å². The SMILES string of the molecule is C[C@H]1CN(S(=O)(=O)c2ccc(F)c(Cl)c2)CCN1. The highest BCUT2D eigenvalue weighted by molar-refractivity contribution is 7.89. The molecule has 18 heavy (non-hydrogen) atoms. The molecule has 1 saturated heterocycles. The zero-order valence-corrected chi connectivity index (χ0v) is 11.4. The topological polar surface area (TPSA) is 49.4 Å². The zero-order valence-electron chi connectivity index (χ0n) is 9.86. The average Bonchev–Trinajstić information content (AvgIpc) is 2.32. The van der Waals surface area contributed by atoms with E-state index in [0.29, 0.717) is 19.6 Å². The van der Waals surface area contributed by atoms with Gasteiger partial charge in [-0.25, -0.2) is 12.8 Å². The first kappa shape index (κ1) is 13.7. The van der Waals surface area contributed by atoms with Crippen molar-refractivity contribution in [1.29, 1.82) is 0 Å². The van der Waals surface area contributed by atoms with Crippen molar-refractivity contribution in [3.05, 3.63) is 29.0 Å². The largest absolute Gasteiger partial charge is 0.312 e. The molecule has 1 heterocycles. The van der Waals surface area contributed by atoms with Gasteiger partial charge in [0.25, 0.3) is 0 Å². The molecule has 0 aliphatic carbocycles. The van der Waals surface area contributed by atoms with Gasteiger partial charge in [-0.3, -0.25) is 0 Å². The number of nitrogens with one attached hydrogen (secondary N) is 1. The fraction of sp³-hybridized carbons (Fsp3) is 0.455. The monoisotopic (exact) mass is 292 g/mol. The minimum atomic E-state index is -3.59. The molecule has 0 radical (unpaired) electrons. The molecular weight excluding hydrogens is 279 g/mol. The smallest absolute Gasteiger partial charge is 0.243 e. The van der Waals surface area contributed by atoms with Gasteiger partial charge in [-0.2, -0.15) is 4.31 Å². The molecule has 1 aliphatic rings. The Bertz CT molecular complexity index is 550. The third kappa shape index (κ3) is 2.66. The van der Waals surface area contributed by atoms with Gasteiger partial charge in [0.05, 0.1) is 9.92 Å². The minimum Gasteiger partial charge on any atom is -0.312 e. The maximum absolute atomic E-state index is 13.0. The summed E-state index contributed by atoms with van der Waals surface area (Å²) >= 11 is 5.62. The second kappa shape index (κ2) is 5.13. The fourth-order valence-corrected chi connectivity index (χ4v) is 3.70. The summed E-state index contributed by atoms with van der Waals surface area (Å²) < 4.78 is 39.1. The van der Waals surface area contributed by atoms with Gasteiger partial charge in [0, 0.05) is 25.7 Å². The van der Waals surface area contributed by atoms with E-state index in [1.54, 1.807) is 0 Å². The van der Waals surface area contributed by atoms with E-state index < -0.39 is 15.8 Å². The normalized spacial score (nSPS) is 22.1. The summed E-state index contributed by atoms with van der Waals surface area (Å²) in [4.78, 5) is 0.0306. The highest BCUT2D eigenvalue weighted by Gasteiger charge is 2.28. The van der Waals surface area contributed by atoms with Crippen LogP contribution in [0.4, 0.5) is 4.39 Å². The van der Waals surface area contributed by atoms with Crippen molar-refractivity contribution in [3.8, 4) is 0 Å². The van der Waals surface area contributed by atoms with Crippen LogP contribution in [0.25, 0.3) is 0 Å². The number of benzene rings is 1. The van der Waals surface area contributed by atoms with Crippen molar-refractivity contribution in [3.63, 3.8) is 0 Å². The number of hydrogen-bond acceptors (Lipinski definition) is 3. The van der Waals surface area contributed by atoms with E-state index in [9.17, 15) is 12.8 Å². The third-order valence-corrected chi connectivity index (χ3v) is 5.01. The summed E-state index contributed by atoms with van der Waals surface area (Å²) in [5.41, 5.74) is 0. The van der Waals surface area contributed by atoms with E-state index in [1.165, 1.54) is 10.4 Å². The minimum absolute atomic E-state index is 0.0306. The van der Waals surface area contributed by atoms with Gasteiger partial charge in [-0.15, -0.1) is 0 Å². The molecule has 1 atom stereocenters. The summed E-state index contributed by atoms with van der Waals surface area (Å²) in [5, 5.41) is 2.98. The summed E-state index contributed by atoms with van der Waals surface area (Å²) in [7, 11) is -3.59. The summed E-state index contributed by atoms with van der Waals surface area (Å²) in [6.45, 7) is 3.33. The molecule has 2 rings (SSSR count). The van der Waals surface area contributed by atoms with E-state index in [0.717, 1.165) is 12.1 Å². The van der Waals surface area contributed by atoms with E-state index in [2.05, 4.69) is 5.32 Å². The first-order valence-electron chi connectivity index (χ1n) is 5.60. The summed E-state index contributed by atoms with van der Waals surface area (Å²) in [6.07, 6.45) is 0. The van der Waals surface area contributed by atoms with Gasteiger partial charge in [0.15, 0.2) is 0 Å². The van der Waals surface area contributed by atoms with Gasteiger partial charge in [0.2, 0.25) is 10.0 Å². The standard InChI is InChI=1S/C11H14ClFN2O2S/c1-8-7-15(5-4-14-8)18(16,17)9-2-3-11(13)10(12)6-9/h2-3,6,8,14H,4-5,7H2,1H3/t8-/m0/s1. The highest BCUT2D eigenvalue weighted by atomic mass is 35.5. The predicted octanol–water partition coefficient (Wildman–Crippen LogP) is 1.46. The van der Waals surface area contributed by atoms with E-state index in [4.69, 9.17) is 11.6 Å². The molecule has 0 saturated carbocycles. The summed E-state index contributed by atoms with van der Waals surface area (Å²) in [6, 6.07) is 3.56. The number of nitrogens with zero attached hydrogens (tertiary/aromatic N) is 1. The Morgan fingerprint density at radius 2 is 2.22 bits per heavy atom. The lowest BCUT2D eigenvalue weighted by Gasteiger charge is -2.31. The Labute approximate surface area is 111 Å². The lowest BCUT2D eigenvalue weighted by Crippen LogP contribution is -2.51. The third-order valence-electron chi connectivity index (χ3n) is 2.86. The van der Waals surface area contributed by atoms with Gasteiger partial charge in [0.1, 0.15) is 5.82 Å². The van der Waals surface area contributed by atoms with Crippen molar-refractivity contribution in [2.45, 2.75) is 17.9 Å². The quantitative estimate of drug-likeness (QED) is 0.898. The van der Waals surface area contributed by atoms with Crippen molar-refractivity contribution in [2.24, 2.45) is 0 Å². The summed E-state index contributed by atoms with van der Waals surface area (Å²) in [5.74, 6) is -0.621. The number of rotatable bonds is 2. The molecule has 0 amide bonds. The van der Waals surface area contributed by atoms with E-state index in [1.807, 2.05) is 6.92 Å². The molecule has 1 aromatic rings. The van der Waals surface area contributed by atoms with Crippen LogP contribution >= 0.6 is 11.6 Å². The molecule has 1 aromatic carbocycles. The number of halogens is 2. The van der Waals surface area contributed by atoms with Crippen LogP contribution in [0.15, 0.2) is 23.1 Å². The molecule has 100 valence electrons. The molecule has 0 spiro atoms. The van der Waals surface area contributed by atoms with Gasteiger partial charge in [-0.1, -0.05) is 11.6 Å². The Hall–Kier alpha value is -0.690. The zero-order chi connectivity index (χ0) is 13.3. The number of piperazine rings is 1. The van der Waals surface area contributed by atoms with Gasteiger partial charge in [-0.05, 0) is 25.1 Å². The number of sulfonamides is 1. The van der Waals surface area contributed by atoms with Crippen LogP contribution in [0, 0.1) is 5.82 Å². The first-order valence-corrected chi connectivity index (χ1v) is 7.41. The molecule has 7 heteroatoms. The van der Waals surface area contributed by atoms with Crippen molar-refractivity contribution in [2.75, 3.05) is 19.6 Å². The Morgan fingerprint density at radius 1 is 1.50 bits per heavy atom. The van der Waals surface area contributed by atoms with Gasteiger partial charge >= 0.3 is 0 Å². The van der Waals surface area contributed by atoms with E-state index >= 15 is 0 Å². The molecule has 1 N–H and O–H groups in total. The molecular formula is C11H14ClFN2O2S. The lowest BCUT2D eigenvalue weighted by atomic mass is 10.3. The second-order valence-electron chi connectivity index (χ2n) is 4.29. The van der Waals surface area contributed by atoms with Crippen molar-refractivity contribution in [1.82, 2.24) is 9.62 Å². The van der Waals surface area contributed by atoms with Gasteiger partial charge < -0.3 is 5.32 Å². The molecule has 0 bridgehead atoms. The Balaban J connectivity index is 2.32. The van der Waals surface area contributed by atoms with Crippen LogP contribution in [-0.4, -0.2) is 38.4 Å². The molecule has 1 aliphatic heterocycles. The fourth-order valence-electron chi connectivity index (χ4n) is 1.90. The molecule has 0 unspecified atom stereocenters. The molecule has 0 aromatic heterocycles. The average molecular weight is 293 g/mol. The van der Waals surface area contributed by atoms with Crippen LogP contribution in [0.1, 0.15) is 6.92 Å². The number of hydrogen-bond donors (Lipinski definition) is 1. The van der Waals surface area contributed by atoms with Crippen LogP contribution in [0.5, 0.6) is 0 Å². The van der Waals surface area contributed by atoms with E-state index in [-0.39, 0.29) is 16.0 Å². The Morgan fingerprint density at radius 3 is 2.83 bits per heavy atom. The highest BCUT2D eigenvalue weighted by Crippen LogP contribution is 2.22.